The second kappa shape index (κ2) is 7.96. The minimum Gasteiger partial charge on any atom is -0.474 e. The molecule has 1 amide bonds. The monoisotopic (exact) mass is 408 g/mol. The van der Waals surface area contributed by atoms with Gasteiger partial charge in [-0.15, -0.1) is 5.10 Å². The largest absolute Gasteiger partial charge is 0.474 e. The number of nitrogens with one attached hydrogen (secondary N) is 2. The molecule has 0 saturated heterocycles. The molecule has 1 aliphatic rings. The minimum absolute atomic E-state index is 0.0668. The van der Waals surface area contributed by atoms with Gasteiger partial charge in [-0.05, 0) is 24.6 Å². The number of H-pyrrole nitrogens is 1. The lowest BCUT2D eigenvalue weighted by molar-refractivity contribution is 0.0927. The van der Waals surface area contributed by atoms with Crippen molar-refractivity contribution < 1.29 is 9.53 Å². The second-order valence-corrected chi connectivity index (χ2v) is 7.20. The van der Waals surface area contributed by atoms with Gasteiger partial charge in [0.05, 0.1) is 0 Å². The van der Waals surface area contributed by atoms with E-state index in [1.165, 1.54) is 0 Å². The third-order valence-electron chi connectivity index (χ3n) is 4.61. The molecule has 1 aliphatic heterocycles. The van der Waals surface area contributed by atoms with Crippen molar-refractivity contribution in [3.8, 4) is 5.88 Å². The van der Waals surface area contributed by atoms with Crippen LogP contribution in [0.5, 0.6) is 5.88 Å². The number of hydrogen-bond acceptors (Lipinski definition) is 6. The van der Waals surface area contributed by atoms with Crippen LogP contribution in [0.15, 0.2) is 42.5 Å². The number of aryl methyl sites for hydroxylation is 1. The van der Waals surface area contributed by atoms with E-state index < -0.39 is 11.9 Å². The fourth-order valence-corrected chi connectivity index (χ4v) is 3.29. The smallest absolute Gasteiger partial charge is 0.291 e. The molecule has 0 radical (unpaired) electrons. The lowest BCUT2D eigenvalue weighted by atomic mass is 10.1. The van der Waals surface area contributed by atoms with Crippen LogP contribution in [0.3, 0.4) is 0 Å². The van der Waals surface area contributed by atoms with Crippen molar-refractivity contribution in [1.82, 2.24) is 25.5 Å². The van der Waals surface area contributed by atoms with Crippen molar-refractivity contribution in [2.45, 2.75) is 19.4 Å². The highest BCUT2D eigenvalue weighted by atomic mass is 32.1. The van der Waals surface area contributed by atoms with Crippen molar-refractivity contribution in [2.24, 2.45) is 0 Å². The number of aromatic nitrogens is 4. The van der Waals surface area contributed by atoms with Gasteiger partial charge in [-0.25, -0.2) is 9.97 Å². The molecule has 1 aromatic carbocycles. The Bertz CT molecular complexity index is 1050. The van der Waals surface area contributed by atoms with Crippen LogP contribution in [0.25, 0.3) is 0 Å². The predicted octanol–water partition coefficient (Wildman–Crippen LogP) is 2.05. The number of ether oxygens (including phenoxy) is 1. The number of aromatic amines is 1. The van der Waals surface area contributed by atoms with Crippen molar-refractivity contribution in [1.29, 1.82) is 0 Å². The molecule has 0 saturated carbocycles. The van der Waals surface area contributed by atoms with Gasteiger partial charge in [-0.3, -0.25) is 9.89 Å². The standard InChI is InChI=1S/C20H20N6O2S/c1-12-8-9-15-19(21-12)28-11-14(20(29)26(15)2)22-18(27)17-23-16(24-25-17)10-13-6-4-3-5-7-13/h3-9,14H,10-11H2,1-2H3,(H,22,27)(H,23,24,25)/t14-/m1/s1. The number of benzene rings is 1. The van der Waals surface area contributed by atoms with E-state index in [-0.39, 0.29) is 12.4 Å². The summed E-state index contributed by atoms with van der Waals surface area (Å²) in [5.41, 5.74) is 2.69. The Morgan fingerprint density at radius 1 is 1.28 bits per heavy atom. The Hall–Kier alpha value is -3.33. The number of carbonyl (C=O) groups is 1. The van der Waals surface area contributed by atoms with Gasteiger partial charge in [0, 0.05) is 19.2 Å². The second-order valence-electron chi connectivity index (χ2n) is 6.78. The number of pyridine rings is 1. The third-order valence-corrected chi connectivity index (χ3v) is 5.17. The van der Waals surface area contributed by atoms with E-state index in [9.17, 15) is 4.79 Å². The number of thiocarbonyl (C=S) groups is 1. The van der Waals surface area contributed by atoms with E-state index in [4.69, 9.17) is 17.0 Å². The summed E-state index contributed by atoms with van der Waals surface area (Å²) in [4.78, 5) is 23.7. The first kappa shape index (κ1) is 19.0. The lowest BCUT2D eigenvalue weighted by Gasteiger charge is -2.22. The van der Waals surface area contributed by atoms with Gasteiger partial charge < -0.3 is 15.0 Å². The molecular weight excluding hydrogens is 388 g/mol. The quantitative estimate of drug-likeness (QED) is 0.638. The number of amides is 1. The molecule has 8 nitrogen and oxygen atoms in total. The zero-order valence-corrected chi connectivity index (χ0v) is 16.9. The number of carbonyl (C=O) groups excluding carboxylic acids is 1. The van der Waals surface area contributed by atoms with Gasteiger partial charge in [-0.1, -0.05) is 42.5 Å². The van der Waals surface area contributed by atoms with Gasteiger partial charge in [0.1, 0.15) is 29.1 Å². The van der Waals surface area contributed by atoms with Crippen molar-refractivity contribution in [3.05, 3.63) is 65.4 Å². The lowest BCUT2D eigenvalue weighted by Crippen LogP contribution is -2.48. The van der Waals surface area contributed by atoms with E-state index in [1.54, 1.807) is 4.90 Å². The molecule has 2 aromatic heterocycles. The first-order chi connectivity index (χ1) is 14.0. The maximum Gasteiger partial charge on any atom is 0.291 e. The number of hydrogen-bond donors (Lipinski definition) is 2. The summed E-state index contributed by atoms with van der Waals surface area (Å²) in [5, 5.41) is 9.72. The molecule has 3 aromatic rings. The third kappa shape index (κ3) is 4.09. The minimum atomic E-state index is -0.506. The first-order valence-corrected chi connectivity index (χ1v) is 9.56. The molecule has 1 atom stereocenters. The summed E-state index contributed by atoms with van der Waals surface area (Å²) in [6.07, 6.45) is 0.565. The van der Waals surface area contributed by atoms with Gasteiger partial charge in [-0.2, -0.15) is 0 Å². The molecule has 0 fully saturated rings. The molecular formula is C20H20N6O2S. The summed E-state index contributed by atoms with van der Waals surface area (Å²) in [5.74, 6) is 0.761. The van der Waals surface area contributed by atoms with Crippen LogP contribution >= 0.6 is 12.2 Å². The van der Waals surface area contributed by atoms with E-state index in [0.29, 0.717) is 23.1 Å². The van der Waals surface area contributed by atoms with Crippen molar-refractivity contribution in [2.75, 3.05) is 18.6 Å². The molecule has 9 heteroatoms. The van der Waals surface area contributed by atoms with Crippen LogP contribution in [-0.4, -0.2) is 50.8 Å². The summed E-state index contributed by atoms with van der Waals surface area (Å²) in [7, 11) is 1.83. The summed E-state index contributed by atoms with van der Waals surface area (Å²) < 4.78 is 5.80. The summed E-state index contributed by atoms with van der Waals surface area (Å²) in [6.45, 7) is 2.07. The Kier molecular flexibility index (Phi) is 5.22. The van der Waals surface area contributed by atoms with Crippen LogP contribution in [-0.2, 0) is 6.42 Å². The summed E-state index contributed by atoms with van der Waals surface area (Å²) >= 11 is 5.56. The number of rotatable bonds is 4. The maximum atomic E-state index is 12.7. The number of anilines is 1. The average Bonchev–Trinajstić information content (AvgIpc) is 3.15. The summed E-state index contributed by atoms with van der Waals surface area (Å²) in [6, 6.07) is 13.1. The molecule has 0 unspecified atom stereocenters. The molecule has 0 spiro atoms. The van der Waals surface area contributed by atoms with E-state index in [1.807, 2.05) is 56.4 Å². The normalized spacial score (nSPS) is 16.0. The average molecular weight is 408 g/mol. The van der Waals surface area contributed by atoms with Gasteiger partial charge in [0.15, 0.2) is 0 Å². The number of nitrogens with zero attached hydrogens (tertiary/aromatic N) is 4. The zero-order valence-electron chi connectivity index (χ0n) is 16.0. The van der Waals surface area contributed by atoms with Crippen LogP contribution < -0.4 is 15.0 Å². The maximum absolute atomic E-state index is 12.7. The molecule has 4 rings (SSSR count). The van der Waals surface area contributed by atoms with Crippen LogP contribution in [0.2, 0.25) is 0 Å². The zero-order chi connectivity index (χ0) is 20.4. The van der Waals surface area contributed by atoms with E-state index in [0.717, 1.165) is 16.9 Å². The van der Waals surface area contributed by atoms with Crippen molar-refractivity contribution >= 4 is 28.8 Å². The van der Waals surface area contributed by atoms with Gasteiger partial charge in [0.2, 0.25) is 11.7 Å². The Balaban J connectivity index is 1.45. The Morgan fingerprint density at radius 3 is 2.86 bits per heavy atom. The Labute approximate surface area is 173 Å². The SMILES string of the molecule is Cc1ccc2c(n1)OC[C@@H](NC(=O)c1n[nH]c(Cc3ccccc3)n1)C(=S)N2C. The molecule has 0 aliphatic carbocycles. The van der Waals surface area contributed by atoms with E-state index in [2.05, 4.69) is 25.5 Å². The fraction of sp³-hybridized carbons (Fsp3) is 0.250. The topological polar surface area (TPSA) is 96.0 Å². The first-order valence-electron chi connectivity index (χ1n) is 9.15. The van der Waals surface area contributed by atoms with Gasteiger partial charge in [0.25, 0.3) is 5.91 Å². The molecule has 148 valence electrons. The Morgan fingerprint density at radius 2 is 2.07 bits per heavy atom. The highest BCUT2D eigenvalue weighted by Gasteiger charge is 2.29. The molecule has 3 heterocycles. The number of likely N-dealkylation sites (N-methyl/N-ethyl adjacent to an activating group) is 1. The molecule has 29 heavy (non-hydrogen) atoms. The number of fused-ring (bicyclic) bond motifs is 1. The predicted molar refractivity (Wildman–Crippen MR) is 112 cm³/mol. The molecule has 0 bridgehead atoms. The van der Waals surface area contributed by atoms with Crippen molar-refractivity contribution in [3.63, 3.8) is 0 Å². The molecule has 2 N–H and O–H groups in total. The fourth-order valence-electron chi connectivity index (χ4n) is 3.06. The van der Waals surface area contributed by atoms with Crippen LogP contribution in [0, 0.1) is 6.92 Å². The highest BCUT2D eigenvalue weighted by Crippen LogP contribution is 2.29. The van der Waals surface area contributed by atoms with Gasteiger partial charge >= 0.3 is 0 Å². The van der Waals surface area contributed by atoms with Crippen LogP contribution in [0.1, 0.15) is 27.7 Å². The highest BCUT2D eigenvalue weighted by molar-refractivity contribution is 7.80. The van der Waals surface area contributed by atoms with Crippen LogP contribution in [0.4, 0.5) is 5.69 Å². The van der Waals surface area contributed by atoms with E-state index >= 15 is 0 Å².